The highest BCUT2D eigenvalue weighted by atomic mass is 32.1. The van der Waals surface area contributed by atoms with E-state index < -0.39 is 53.8 Å². The van der Waals surface area contributed by atoms with Crippen LogP contribution in [-0.2, 0) is 24.0 Å². The van der Waals surface area contributed by atoms with Crippen LogP contribution in [0.3, 0.4) is 0 Å². The maximum absolute atomic E-state index is 12.7. The van der Waals surface area contributed by atoms with E-state index in [9.17, 15) is 29.1 Å². The summed E-state index contributed by atoms with van der Waals surface area (Å²) in [7, 11) is 0. The van der Waals surface area contributed by atoms with E-state index in [-0.39, 0.29) is 25.0 Å². The van der Waals surface area contributed by atoms with Gasteiger partial charge in [0.15, 0.2) is 0 Å². The first-order valence-corrected chi connectivity index (χ1v) is 11.2. The number of aliphatic carboxylic acids is 2. The molecule has 3 amide bonds. The molecule has 1 aliphatic heterocycles. The predicted molar refractivity (Wildman–Crippen MR) is 118 cm³/mol. The molecule has 0 bridgehead atoms. The molecule has 0 saturated carbocycles. The second-order valence-electron chi connectivity index (χ2n) is 7.57. The van der Waals surface area contributed by atoms with Gasteiger partial charge in [-0.05, 0) is 51.6 Å². The SMILES string of the molecule is NCCCCC(NC(=O)C(CS)NC(=O)C(CCC(=O)O)NC(=O)C1CCCN1)C(=O)O. The fourth-order valence-corrected chi connectivity index (χ4v) is 3.46. The Balaban J connectivity index is 2.77. The Morgan fingerprint density at radius 1 is 0.969 bits per heavy atom. The number of nitrogens with one attached hydrogen (secondary N) is 4. The molecule has 32 heavy (non-hydrogen) atoms. The number of carbonyl (C=O) groups excluding carboxylic acids is 3. The van der Waals surface area contributed by atoms with Crippen LogP contribution >= 0.6 is 12.6 Å². The van der Waals surface area contributed by atoms with Crippen LogP contribution in [0.5, 0.6) is 0 Å². The Kier molecular flexibility index (Phi) is 12.7. The highest BCUT2D eigenvalue weighted by Gasteiger charge is 2.31. The van der Waals surface area contributed by atoms with Gasteiger partial charge in [0, 0.05) is 12.2 Å². The number of hydrogen-bond donors (Lipinski definition) is 8. The van der Waals surface area contributed by atoms with Crippen molar-refractivity contribution >= 4 is 42.3 Å². The minimum atomic E-state index is -1.21. The fourth-order valence-electron chi connectivity index (χ4n) is 3.21. The molecule has 0 spiro atoms. The zero-order valence-electron chi connectivity index (χ0n) is 17.8. The molecule has 182 valence electrons. The van der Waals surface area contributed by atoms with Gasteiger partial charge in [-0.25, -0.2) is 4.79 Å². The monoisotopic (exact) mass is 475 g/mol. The molecule has 1 fully saturated rings. The Bertz CT molecular complexity index is 672. The van der Waals surface area contributed by atoms with Gasteiger partial charge in [0.2, 0.25) is 17.7 Å². The molecule has 0 aliphatic carbocycles. The normalized spacial score (nSPS) is 18.2. The average Bonchev–Trinajstić information content (AvgIpc) is 3.28. The third-order valence-corrected chi connectivity index (χ3v) is 5.40. The van der Waals surface area contributed by atoms with E-state index in [1.807, 2.05) is 0 Å². The summed E-state index contributed by atoms with van der Waals surface area (Å²) in [5.41, 5.74) is 5.40. The minimum absolute atomic E-state index is 0.128. The standard InChI is InChI=1S/C19H33N5O7S/c20-8-2-1-4-13(19(30)31)23-18(29)14(10-32)24-17(28)12(6-7-15(25)26)22-16(27)11-5-3-9-21-11/h11-14,21,32H,1-10,20H2,(H,22,27)(H,23,29)(H,24,28)(H,25,26)(H,30,31). The lowest BCUT2D eigenvalue weighted by atomic mass is 10.1. The van der Waals surface area contributed by atoms with Crippen LogP contribution in [0, 0.1) is 0 Å². The van der Waals surface area contributed by atoms with Gasteiger partial charge in [-0.15, -0.1) is 0 Å². The van der Waals surface area contributed by atoms with Crippen LogP contribution in [0.1, 0.15) is 44.9 Å². The zero-order chi connectivity index (χ0) is 24.1. The Morgan fingerprint density at radius 3 is 2.16 bits per heavy atom. The molecule has 8 N–H and O–H groups in total. The van der Waals surface area contributed by atoms with Gasteiger partial charge < -0.3 is 37.2 Å². The first kappa shape index (κ1) is 27.7. The maximum Gasteiger partial charge on any atom is 0.326 e. The Hall–Kier alpha value is -2.38. The molecule has 0 aromatic carbocycles. The van der Waals surface area contributed by atoms with Crippen LogP contribution < -0.4 is 27.0 Å². The summed E-state index contributed by atoms with van der Waals surface area (Å²) >= 11 is 4.05. The average molecular weight is 476 g/mol. The molecule has 1 saturated heterocycles. The van der Waals surface area contributed by atoms with Crippen LogP contribution in [0.15, 0.2) is 0 Å². The van der Waals surface area contributed by atoms with E-state index in [2.05, 4.69) is 33.9 Å². The van der Waals surface area contributed by atoms with Crippen molar-refractivity contribution in [1.82, 2.24) is 21.3 Å². The topological polar surface area (TPSA) is 200 Å². The smallest absolute Gasteiger partial charge is 0.326 e. The van der Waals surface area contributed by atoms with Crippen molar-refractivity contribution in [3.05, 3.63) is 0 Å². The first-order chi connectivity index (χ1) is 15.2. The molecule has 0 aromatic heterocycles. The molecule has 1 aliphatic rings. The largest absolute Gasteiger partial charge is 0.481 e. The van der Waals surface area contributed by atoms with Gasteiger partial charge in [-0.1, -0.05) is 0 Å². The van der Waals surface area contributed by atoms with Crippen LogP contribution in [0.4, 0.5) is 0 Å². The van der Waals surface area contributed by atoms with Gasteiger partial charge in [0.25, 0.3) is 0 Å². The predicted octanol–water partition coefficient (Wildman–Crippen LogP) is -1.80. The van der Waals surface area contributed by atoms with Crippen LogP contribution in [-0.4, -0.2) is 82.9 Å². The number of nitrogens with two attached hydrogens (primary N) is 1. The third kappa shape index (κ3) is 9.83. The van der Waals surface area contributed by atoms with Crippen molar-refractivity contribution < 1.29 is 34.2 Å². The molecular formula is C19H33N5O7S. The number of amides is 3. The minimum Gasteiger partial charge on any atom is -0.481 e. The molecular weight excluding hydrogens is 442 g/mol. The lowest BCUT2D eigenvalue weighted by molar-refractivity contribution is -0.142. The zero-order valence-corrected chi connectivity index (χ0v) is 18.7. The van der Waals surface area contributed by atoms with Crippen molar-refractivity contribution in [2.24, 2.45) is 5.73 Å². The van der Waals surface area contributed by atoms with Gasteiger partial charge in [-0.3, -0.25) is 19.2 Å². The number of carboxylic acids is 2. The van der Waals surface area contributed by atoms with Crippen LogP contribution in [0.2, 0.25) is 0 Å². The molecule has 4 unspecified atom stereocenters. The van der Waals surface area contributed by atoms with Crippen molar-refractivity contribution in [3.8, 4) is 0 Å². The summed E-state index contributed by atoms with van der Waals surface area (Å²) < 4.78 is 0. The lowest BCUT2D eigenvalue weighted by Gasteiger charge is -2.24. The molecule has 13 heteroatoms. The summed E-state index contributed by atoms with van der Waals surface area (Å²) in [5, 5.41) is 28.6. The highest BCUT2D eigenvalue weighted by Crippen LogP contribution is 2.07. The summed E-state index contributed by atoms with van der Waals surface area (Å²) in [6.45, 7) is 1.07. The lowest BCUT2D eigenvalue weighted by Crippen LogP contribution is -2.57. The first-order valence-electron chi connectivity index (χ1n) is 10.6. The molecule has 0 aromatic rings. The summed E-state index contributed by atoms with van der Waals surface area (Å²) in [4.78, 5) is 60.0. The summed E-state index contributed by atoms with van der Waals surface area (Å²) in [6, 6.07) is -3.96. The Labute approximate surface area is 191 Å². The van der Waals surface area contributed by atoms with Crippen molar-refractivity contribution in [2.75, 3.05) is 18.8 Å². The van der Waals surface area contributed by atoms with Gasteiger partial charge in [0.1, 0.15) is 18.1 Å². The number of rotatable bonds is 15. The Morgan fingerprint density at radius 2 is 1.62 bits per heavy atom. The number of carbonyl (C=O) groups is 5. The molecule has 1 rings (SSSR count). The van der Waals surface area contributed by atoms with Crippen molar-refractivity contribution in [2.45, 2.75) is 69.1 Å². The highest BCUT2D eigenvalue weighted by molar-refractivity contribution is 7.80. The quantitative estimate of drug-likeness (QED) is 0.0994. The third-order valence-electron chi connectivity index (χ3n) is 5.03. The number of carboxylic acid groups (broad SMARTS) is 2. The van der Waals surface area contributed by atoms with E-state index >= 15 is 0 Å². The molecule has 12 nitrogen and oxygen atoms in total. The second-order valence-corrected chi connectivity index (χ2v) is 7.94. The van der Waals surface area contributed by atoms with E-state index in [4.69, 9.17) is 10.8 Å². The van der Waals surface area contributed by atoms with Crippen molar-refractivity contribution in [3.63, 3.8) is 0 Å². The van der Waals surface area contributed by atoms with Gasteiger partial charge >= 0.3 is 11.9 Å². The second kappa shape index (κ2) is 14.6. The van der Waals surface area contributed by atoms with Gasteiger partial charge in [-0.2, -0.15) is 12.6 Å². The van der Waals surface area contributed by atoms with E-state index in [1.165, 1.54) is 0 Å². The summed E-state index contributed by atoms with van der Waals surface area (Å²) in [5.74, 6) is -4.39. The summed E-state index contributed by atoms with van der Waals surface area (Å²) in [6.07, 6.45) is 2.16. The van der Waals surface area contributed by atoms with Crippen LogP contribution in [0.25, 0.3) is 0 Å². The maximum atomic E-state index is 12.7. The van der Waals surface area contributed by atoms with E-state index in [1.54, 1.807) is 0 Å². The van der Waals surface area contributed by atoms with E-state index in [0.29, 0.717) is 32.4 Å². The molecule has 1 heterocycles. The fraction of sp³-hybridized carbons (Fsp3) is 0.737. The van der Waals surface area contributed by atoms with Crippen molar-refractivity contribution in [1.29, 1.82) is 0 Å². The number of thiol groups is 1. The molecule has 0 radical (unpaired) electrons. The molecule has 4 atom stereocenters. The number of hydrogen-bond acceptors (Lipinski definition) is 8. The number of unbranched alkanes of at least 4 members (excludes halogenated alkanes) is 1. The van der Waals surface area contributed by atoms with Gasteiger partial charge in [0.05, 0.1) is 6.04 Å². The van der Waals surface area contributed by atoms with E-state index in [0.717, 1.165) is 6.42 Å².